The molecular weight excluding hydrogens is 298 g/mol. The lowest BCUT2D eigenvalue weighted by molar-refractivity contribution is 0.386. The number of nitrogens with one attached hydrogen (secondary N) is 1. The molecule has 0 saturated heterocycles. The summed E-state index contributed by atoms with van der Waals surface area (Å²) in [6.07, 6.45) is 2.08. The molecule has 0 aliphatic heterocycles. The third kappa shape index (κ3) is 4.49. The summed E-state index contributed by atoms with van der Waals surface area (Å²) in [5.41, 5.74) is 1.23. The van der Waals surface area contributed by atoms with Crippen LogP contribution in [0.3, 0.4) is 0 Å². The predicted octanol–water partition coefficient (Wildman–Crippen LogP) is 2.31. The number of rotatable bonds is 5. The van der Waals surface area contributed by atoms with E-state index in [9.17, 15) is 0 Å². The van der Waals surface area contributed by atoms with Crippen molar-refractivity contribution in [2.45, 2.75) is 24.9 Å². The maximum absolute atomic E-state index is 4.95. The van der Waals surface area contributed by atoms with Crippen LogP contribution in [-0.4, -0.2) is 41.4 Å². The molecule has 7 heteroatoms. The van der Waals surface area contributed by atoms with E-state index in [1.807, 2.05) is 7.05 Å². The average Bonchev–Trinajstić information content (AvgIpc) is 2.94. The third-order valence-electron chi connectivity index (χ3n) is 3.13. The molecule has 1 aromatic heterocycles. The molecule has 1 heterocycles. The second kappa shape index (κ2) is 7.84. The summed E-state index contributed by atoms with van der Waals surface area (Å²) in [4.78, 5) is 11.8. The van der Waals surface area contributed by atoms with Crippen LogP contribution in [0.5, 0.6) is 0 Å². The number of hydrogen-bond acceptors (Lipinski definition) is 5. The summed E-state index contributed by atoms with van der Waals surface area (Å²) in [6, 6.07) is 8.54. The first-order valence-corrected chi connectivity index (χ1v) is 8.18. The van der Waals surface area contributed by atoms with E-state index in [0.29, 0.717) is 18.3 Å². The van der Waals surface area contributed by atoms with Crippen LogP contribution in [0.25, 0.3) is 0 Å². The molecule has 1 N–H and O–H groups in total. The quantitative estimate of drug-likeness (QED) is 0.518. The van der Waals surface area contributed by atoms with Crippen LogP contribution in [0.1, 0.15) is 17.3 Å². The zero-order chi connectivity index (χ0) is 15.9. The molecule has 0 unspecified atom stereocenters. The predicted molar refractivity (Wildman–Crippen MR) is 88.9 cm³/mol. The molecule has 0 atom stereocenters. The van der Waals surface area contributed by atoms with Gasteiger partial charge in [-0.15, -0.1) is 11.8 Å². The summed E-state index contributed by atoms with van der Waals surface area (Å²) < 4.78 is 4.95. The Bertz CT molecular complexity index is 623. The van der Waals surface area contributed by atoms with Crippen LogP contribution in [0.2, 0.25) is 0 Å². The fourth-order valence-electron chi connectivity index (χ4n) is 2.04. The minimum absolute atomic E-state index is 0.486. The molecule has 118 valence electrons. The Morgan fingerprint density at radius 3 is 2.64 bits per heavy atom. The molecule has 0 aliphatic rings. The minimum atomic E-state index is 0.486. The number of hydrogen-bond donors (Lipinski definition) is 1. The molecule has 0 bridgehead atoms. The SMILES string of the molecule is CN=C(NCc1noc(C)n1)N(C)Cc1ccc(SC)cc1. The molecule has 0 radical (unpaired) electrons. The van der Waals surface area contributed by atoms with E-state index in [1.165, 1.54) is 10.5 Å². The fourth-order valence-corrected chi connectivity index (χ4v) is 2.44. The van der Waals surface area contributed by atoms with Gasteiger partial charge >= 0.3 is 0 Å². The van der Waals surface area contributed by atoms with Gasteiger partial charge in [0, 0.05) is 32.5 Å². The van der Waals surface area contributed by atoms with E-state index < -0.39 is 0 Å². The van der Waals surface area contributed by atoms with Crippen LogP contribution < -0.4 is 5.32 Å². The first-order chi connectivity index (χ1) is 10.6. The molecule has 0 spiro atoms. The van der Waals surface area contributed by atoms with Gasteiger partial charge in [0.05, 0.1) is 6.54 Å². The first-order valence-electron chi connectivity index (χ1n) is 6.96. The summed E-state index contributed by atoms with van der Waals surface area (Å²) in [7, 11) is 3.76. The zero-order valence-corrected chi connectivity index (χ0v) is 14.1. The minimum Gasteiger partial charge on any atom is -0.349 e. The first kappa shape index (κ1) is 16.4. The highest BCUT2D eigenvalue weighted by atomic mass is 32.2. The standard InChI is InChI=1S/C15H21N5OS/c1-11-18-14(19-21-11)9-17-15(16-2)20(3)10-12-5-7-13(22-4)8-6-12/h5-8H,9-10H2,1-4H3,(H,16,17). The number of thioether (sulfide) groups is 1. The van der Waals surface area contributed by atoms with E-state index in [-0.39, 0.29) is 0 Å². The van der Waals surface area contributed by atoms with Gasteiger partial charge in [0.1, 0.15) is 0 Å². The lowest BCUT2D eigenvalue weighted by Crippen LogP contribution is -2.38. The van der Waals surface area contributed by atoms with Crippen molar-refractivity contribution in [2.24, 2.45) is 4.99 Å². The fraction of sp³-hybridized carbons (Fsp3) is 0.400. The lowest BCUT2D eigenvalue weighted by atomic mass is 10.2. The molecule has 1 aromatic carbocycles. The normalized spacial score (nSPS) is 11.5. The van der Waals surface area contributed by atoms with E-state index >= 15 is 0 Å². The lowest BCUT2D eigenvalue weighted by Gasteiger charge is -2.21. The Balaban J connectivity index is 1.91. The number of benzene rings is 1. The largest absolute Gasteiger partial charge is 0.349 e. The van der Waals surface area contributed by atoms with Crippen LogP contribution in [0.15, 0.2) is 38.7 Å². The molecule has 2 rings (SSSR count). The summed E-state index contributed by atoms with van der Waals surface area (Å²) in [5.74, 6) is 1.97. The maximum Gasteiger partial charge on any atom is 0.223 e. The number of aliphatic imine (C=N–C) groups is 1. The van der Waals surface area contributed by atoms with Gasteiger partial charge in [0.2, 0.25) is 5.89 Å². The average molecular weight is 319 g/mol. The Labute approximate surface area is 135 Å². The summed E-state index contributed by atoms with van der Waals surface area (Å²) in [6.45, 7) is 3.04. The Morgan fingerprint density at radius 2 is 2.09 bits per heavy atom. The van der Waals surface area contributed by atoms with Gasteiger partial charge in [0.15, 0.2) is 11.8 Å². The van der Waals surface area contributed by atoms with Crippen LogP contribution in [0.4, 0.5) is 0 Å². The smallest absolute Gasteiger partial charge is 0.223 e. The van der Waals surface area contributed by atoms with E-state index in [1.54, 1.807) is 25.7 Å². The Kier molecular flexibility index (Phi) is 5.83. The second-order valence-electron chi connectivity index (χ2n) is 4.83. The van der Waals surface area contributed by atoms with Crippen molar-refractivity contribution in [1.29, 1.82) is 0 Å². The monoisotopic (exact) mass is 319 g/mol. The highest BCUT2D eigenvalue weighted by molar-refractivity contribution is 7.98. The van der Waals surface area contributed by atoms with Crippen molar-refractivity contribution < 1.29 is 4.52 Å². The molecule has 0 amide bonds. The molecule has 0 fully saturated rings. The second-order valence-corrected chi connectivity index (χ2v) is 5.71. The topological polar surface area (TPSA) is 66.5 Å². The van der Waals surface area contributed by atoms with Gasteiger partial charge in [-0.1, -0.05) is 17.3 Å². The number of guanidine groups is 1. The van der Waals surface area contributed by atoms with Gasteiger partial charge in [-0.05, 0) is 24.0 Å². The summed E-state index contributed by atoms with van der Waals surface area (Å²) in [5, 5.41) is 7.09. The van der Waals surface area contributed by atoms with Crippen LogP contribution in [-0.2, 0) is 13.1 Å². The summed E-state index contributed by atoms with van der Waals surface area (Å²) >= 11 is 1.74. The number of nitrogens with zero attached hydrogens (tertiary/aromatic N) is 4. The van der Waals surface area contributed by atoms with Gasteiger partial charge in [0.25, 0.3) is 0 Å². The van der Waals surface area contributed by atoms with Crippen LogP contribution in [0, 0.1) is 6.92 Å². The van der Waals surface area contributed by atoms with Crippen molar-refractivity contribution in [3.8, 4) is 0 Å². The maximum atomic E-state index is 4.95. The van der Waals surface area contributed by atoms with Crippen molar-refractivity contribution in [3.63, 3.8) is 0 Å². The van der Waals surface area contributed by atoms with Crippen LogP contribution >= 0.6 is 11.8 Å². The van der Waals surface area contributed by atoms with Crippen molar-refractivity contribution >= 4 is 17.7 Å². The number of aromatic nitrogens is 2. The Hall–Kier alpha value is -2.02. The van der Waals surface area contributed by atoms with E-state index in [0.717, 1.165) is 12.5 Å². The molecule has 0 saturated carbocycles. The van der Waals surface area contributed by atoms with E-state index in [2.05, 4.69) is 55.9 Å². The zero-order valence-electron chi connectivity index (χ0n) is 13.3. The Morgan fingerprint density at radius 1 is 1.36 bits per heavy atom. The van der Waals surface area contributed by atoms with Gasteiger partial charge < -0.3 is 14.7 Å². The molecule has 2 aromatic rings. The van der Waals surface area contributed by atoms with Gasteiger partial charge in [-0.2, -0.15) is 4.98 Å². The van der Waals surface area contributed by atoms with Crippen molar-refractivity contribution in [2.75, 3.05) is 20.4 Å². The van der Waals surface area contributed by atoms with E-state index in [4.69, 9.17) is 4.52 Å². The molecule has 0 aliphatic carbocycles. The third-order valence-corrected chi connectivity index (χ3v) is 3.87. The molecular formula is C15H21N5OS. The highest BCUT2D eigenvalue weighted by Gasteiger charge is 2.08. The van der Waals surface area contributed by atoms with Crippen molar-refractivity contribution in [1.82, 2.24) is 20.4 Å². The van der Waals surface area contributed by atoms with Gasteiger partial charge in [-0.25, -0.2) is 0 Å². The highest BCUT2D eigenvalue weighted by Crippen LogP contribution is 2.15. The van der Waals surface area contributed by atoms with Crippen molar-refractivity contribution in [3.05, 3.63) is 41.5 Å². The number of aryl methyl sites for hydroxylation is 1. The molecule has 22 heavy (non-hydrogen) atoms. The molecule has 6 nitrogen and oxygen atoms in total. The van der Waals surface area contributed by atoms with Gasteiger partial charge in [-0.3, -0.25) is 4.99 Å².